The molecule has 0 aliphatic carbocycles. The molecule has 2 aromatic heterocycles. The molecular formula is C23H20ClN3O4. The molecule has 4 rings (SSSR count). The predicted molar refractivity (Wildman–Crippen MR) is 120 cm³/mol. The van der Waals surface area contributed by atoms with Crippen LogP contribution in [-0.4, -0.2) is 32.6 Å². The van der Waals surface area contributed by atoms with Crippen LogP contribution in [0.15, 0.2) is 59.5 Å². The fourth-order valence-electron chi connectivity index (χ4n) is 3.79. The van der Waals surface area contributed by atoms with Gasteiger partial charge in [0.05, 0.1) is 5.52 Å². The van der Waals surface area contributed by atoms with Crippen LogP contribution < -0.4 is 10.7 Å². The van der Waals surface area contributed by atoms with Crippen molar-refractivity contribution in [1.29, 1.82) is 0 Å². The van der Waals surface area contributed by atoms with Crippen molar-refractivity contribution < 1.29 is 14.7 Å². The van der Waals surface area contributed by atoms with Gasteiger partial charge in [-0.3, -0.25) is 9.59 Å². The van der Waals surface area contributed by atoms with Crippen LogP contribution in [0, 0.1) is 6.92 Å². The molecule has 3 N–H and O–H groups in total. The number of para-hydroxylation sites is 1. The first-order chi connectivity index (χ1) is 14.8. The molecule has 4 aromatic rings. The van der Waals surface area contributed by atoms with E-state index in [0.717, 1.165) is 16.5 Å². The Kier molecular flexibility index (Phi) is 5.52. The van der Waals surface area contributed by atoms with Crippen molar-refractivity contribution in [1.82, 2.24) is 14.9 Å². The Bertz CT molecular complexity index is 1370. The highest BCUT2D eigenvalue weighted by molar-refractivity contribution is 6.31. The van der Waals surface area contributed by atoms with Crippen molar-refractivity contribution in [3.8, 4) is 0 Å². The third kappa shape index (κ3) is 4.18. The molecular weight excluding hydrogens is 418 g/mol. The van der Waals surface area contributed by atoms with Gasteiger partial charge in [0.1, 0.15) is 12.6 Å². The van der Waals surface area contributed by atoms with Crippen molar-refractivity contribution >= 4 is 45.3 Å². The van der Waals surface area contributed by atoms with E-state index in [1.807, 2.05) is 24.3 Å². The Labute approximate surface area is 182 Å². The summed E-state index contributed by atoms with van der Waals surface area (Å²) in [7, 11) is 0. The van der Waals surface area contributed by atoms with E-state index in [-0.39, 0.29) is 18.4 Å². The highest BCUT2D eigenvalue weighted by atomic mass is 35.5. The molecule has 1 amide bonds. The number of aromatic amines is 1. The Morgan fingerprint density at radius 3 is 2.71 bits per heavy atom. The zero-order valence-corrected chi connectivity index (χ0v) is 17.4. The van der Waals surface area contributed by atoms with Crippen molar-refractivity contribution in [3.05, 3.63) is 81.2 Å². The van der Waals surface area contributed by atoms with Crippen molar-refractivity contribution in [2.24, 2.45) is 0 Å². The molecule has 2 heterocycles. The quantitative estimate of drug-likeness (QED) is 0.430. The van der Waals surface area contributed by atoms with E-state index in [1.165, 1.54) is 6.07 Å². The average Bonchev–Trinajstić information content (AvgIpc) is 3.13. The highest BCUT2D eigenvalue weighted by Crippen LogP contribution is 2.20. The van der Waals surface area contributed by atoms with Gasteiger partial charge >= 0.3 is 5.97 Å². The van der Waals surface area contributed by atoms with Gasteiger partial charge in [0, 0.05) is 45.7 Å². The molecule has 2 aromatic carbocycles. The van der Waals surface area contributed by atoms with E-state index in [4.69, 9.17) is 11.6 Å². The van der Waals surface area contributed by atoms with Crippen LogP contribution in [0.1, 0.15) is 11.3 Å². The second-order valence-electron chi connectivity index (χ2n) is 7.42. The maximum atomic E-state index is 12.8. The topological polar surface area (TPSA) is 104 Å². The maximum absolute atomic E-state index is 12.8. The number of benzene rings is 2. The fourth-order valence-corrected chi connectivity index (χ4v) is 3.96. The molecule has 7 nitrogen and oxygen atoms in total. The van der Waals surface area contributed by atoms with Gasteiger partial charge in [0.15, 0.2) is 5.43 Å². The number of carbonyl (C=O) groups is 2. The summed E-state index contributed by atoms with van der Waals surface area (Å²) in [5, 5.41) is 14.0. The first-order valence-electron chi connectivity index (χ1n) is 9.70. The number of hydrogen-bond donors (Lipinski definition) is 3. The number of aromatic nitrogens is 2. The molecule has 0 saturated carbocycles. The van der Waals surface area contributed by atoms with Gasteiger partial charge in [-0.05, 0) is 36.8 Å². The van der Waals surface area contributed by atoms with Crippen molar-refractivity contribution in [2.45, 2.75) is 25.9 Å². The van der Waals surface area contributed by atoms with E-state index >= 15 is 0 Å². The minimum Gasteiger partial charge on any atom is -0.480 e. The summed E-state index contributed by atoms with van der Waals surface area (Å²) < 4.78 is 1.67. The third-order valence-electron chi connectivity index (χ3n) is 5.31. The van der Waals surface area contributed by atoms with Crippen LogP contribution in [0.3, 0.4) is 0 Å². The number of pyridine rings is 1. The summed E-state index contributed by atoms with van der Waals surface area (Å²) in [5.74, 6) is -1.58. The van der Waals surface area contributed by atoms with Gasteiger partial charge < -0.3 is 20.0 Å². The lowest BCUT2D eigenvalue weighted by Gasteiger charge is -2.18. The lowest BCUT2D eigenvalue weighted by Crippen LogP contribution is -2.43. The number of aryl methyl sites for hydroxylation is 1. The minimum atomic E-state index is -1.12. The van der Waals surface area contributed by atoms with E-state index in [0.29, 0.717) is 21.6 Å². The SMILES string of the molecule is Cc1cc(=O)c2cc(Cl)ccc2n1CC(=O)N[C@H](Cc1c[nH]c2ccccc12)C(=O)O. The smallest absolute Gasteiger partial charge is 0.326 e. The molecule has 0 radical (unpaired) electrons. The molecule has 0 aliphatic rings. The van der Waals surface area contributed by atoms with Gasteiger partial charge in [-0.2, -0.15) is 0 Å². The summed E-state index contributed by atoms with van der Waals surface area (Å²) in [5.41, 5.74) is 2.69. The molecule has 0 fully saturated rings. The molecule has 1 atom stereocenters. The first-order valence-corrected chi connectivity index (χ1v) is 10.1. The number of rotatable bonds is 6. The number of halogens is 1. The Balaban J connectivity index is 1.58. The zero-order valence-electron chi connectivity index (χ0n) is 16.7. The summed E-state index contributed by atoms with van der Waals surface area (Å²) in [6.45, 7) is 1.60. The van der Waals surface area contributed by atoms with E-state index in [9.17, 15) is 19.5 Å². The summed E-state index contributed by atoms with van der Waals surface area (Å²) in [6.07, 6.45) is 1.90. The Morgan fingerprint density at radius 2 is 1.94 bits per heavy atom. The number of nitrogens with one attached hydrogen (secondary N) is 2. The Hall–Kier alpha value is -3.58. The summed E-state index contributed by atoms with van der Waals surface area (Å²) >= 11 is 6.01. The minimum absolute atomic E-state index is 0.123. The van der Waals surface area contributed by atoms with Crippen LogP contribution in [0.25, 0.3) is 21.8 Å². The Morgan fingerprint density at radius 1 is 1.16 bits per heavy atom. The number of fused-ring (bicyclic) bond motifs is 2. The summed E-state index contributed by atoms with van der Waals surface area (Å²) in [6, 6.07) is 12.8. The van der Waals surface area contributed by atoms with Gasteiger partial charge in [0.25, 0.3) is 0 Å². The van der Waals surface area contributed by atoms with Crippen LogP contribution in [0.4, 0.5) is 0 Å². The summed E-state index contributed by atoms with van der Waals surface area (Å²) in [4.78, 5) is 40.0. The lowest BCUT2D eigenvalue weighted by atomic mass is 10.0. The molecule has 0 bridgehead atoms. The van der Waals surface area contributed by atoms with Gasteiger partial charge in [0.2, 0.25) is 5.91 Å². The second kappa shape index (κ2) is 8.28. The van der Waals surface area contributed by atoms with Gasteiger partial charge in [-0.15, -0.1) is 0 Å². The number of carboxylic acid groups (broad SMARTS) is 1. The standard InChI is InChI=1S/C23H20ClN3O4/c1-13-8-21(28)17-10-15(24)6-7-20(17)27(13)12-22(29)26-19(23(30)31)9-14-11-25-18-5-3-2-4-16(14)18/h2-8,10-11,19,25H,9,12H2,1H3,(H,26,29)(H,30,31)/t19-/m1/s1. The van der Waals surface area contributed by atoms with Crippen molar-refractivity contribution in [3.63, 3.8) is 0 Å². The zero-order chi connectivity index (χ0) is 22.1. The molecule has 0 spiro atoms. The van der Waals surface area contributed by atoms with Crippen LogP contribution in [-0.2, 0) is 22.6 Å². The molecule has 31 heavy (non-hydrogen) atoms. The van der Waals surface area contributed by atoms with Gasteiger partial charge in [-0.1, -0.05) is 29.8 Å². The molecule has 0 aliphatic heterocycles. The normalized spacial score (nSPS) is 12.2. The predicted octanol–water partition coefficient (Wildman–Crippen LogP) is 3.26. The number of nitrogens with zero attached hydrogens (tertiary/aromatic N) is 1. The fraction of sp³-hybridized carbons (Fsp3) is 0.174. The highest BCUT2D eigenvalue weighted by Gasteiger charge is 2.22. The van der Waals surface area contributed by atoms with E-state index < -0.39 is 17.9 Å². The number of hydrogen-bond acceptors (Lipinski definition) is 3. The molecule has 158 valence electrons. The van der Waals surface area contributed by atoms with E-state index in [1.54, 1.807) is 35.9 Å². The van der Waals surface area contributed by atoms with Gasteiger partial charge in [-0.25, -0.2) is 4.79 Å². The average molecular weight is 438 g/mol. The molecule has 0 unspecified atom stereocenters. The van der Waals surface area contributed by atoms with E-state index in [2.05, 4.69) is 10.3 Å². The molecule has 0 saturated heterocycles. The number of aliphatic carboxylic acids is 1. The molecule has 8 heteroatoms. The second-order valence-corrected chi connectivity index (χ2v) is 7.86. The number of amides is 1. The number of carbonyl (C=O) groups excluding carboxylic acids is 1. The first kappa shape index (κ1) is 20.7. The monoisotopic (exact) mass is 437 g/mol. The number of H-pyrrole nitrogens is 1. The number of carboxylic acids is 1. The van der Waals surface area contributed by atoms with Crippen LogP contribution in [0.2, 0.25) is 5.02 Å². The maximum Gasteiger partial charge on any atom is 0.326 e. The largest absolute Gasteiger partial charge is 0.480 e. The van der Waals surface area contributed by atoms with Crippen LogP contribution in [0.5, 0.6) is 0 Å². The van der Waals surface area contributed by atoms with Crippen molar-refractivity contribution in [2.75, 3.05) is 0 Å². The lowest BCUT2D eigenvalue weighted by molar-refractivity contribution is -0.141. The third-order valence-corrected chi connectivity index (χ3v) is 5.55. The van der Waals surface area contributed by atoms with Crippen LogP contribution >= 0.6 is 11.6 Å².